The van der Waals surface area contributed by atoms with Gasteiger partial charge >= 0.3 is 6.01 Å². The van der Waals surface area contributed by atoms with Gasteiger partial charge < -0.3 is 24.3 Å². The van der Waals surface area contributed by atoms with Gasteiger partial charge in [-0.15, -0.1) is 16.4 Å². The van der Waals surface area contributed by atoms with E-state index in [1.165, 1.54) is 0 Å². The normalized spacial score (nSPS) is 11.8. The maximum atomic E-state index is 12.8. The molecule has 0 radical (unpaired) electrons. The third-order valence-electron chi connectivity index (χ3n) is 6.11. The number of nitrogens with one attached hydrogen (secondary N) is 1. The molecule has 0 atom stereocenters. The van der Waals surface area contributed by atoms with Crippen LogP contribution < -0.4 is 24.3 Å². The number of hydrogen-bond acceptors (Lipinski definition) is 8. The quantitative estimate of drug-likeness (QED) is 0.260. The Kier molecular flexibility index (Phi) is 6.84. The van der Waals surface area contributed by atoms with Crippen molar-refractivity contribution >= 4 is 22.9 Å². The van der Waals surface area contributed by atoms with Crippen LogP contribution in [-0.2, 0) is 6.42 Å². The van der Waals surface area contributed by atoms with E-state index in [-0.39, 0.29) is 12.7 Å². The van der Waals surface area contributed by atoms with Crippen LogP contribution in [0.2, 0.25) is 0 Å². The fourth-order valence-electron chi connectivity index (χ4n) is 4.08. The highest BCUT2D eigenvalue weighted by Gasteiger charge is 2.18. The van der Waals surface area contributed by atoms with Crippen LogP contribution in [0.4, 0.5) is 5.69 Å². The van der Waals surface area contributed by atoms with Crippen molar-refractivity contribution in [3.05, 3.63) is 95.4 Å². The summed E-state index contributed by atoms with van der Waals surface area (Å²) >= 11 is 1.57. The second-order valence-electron chi connectivity index (χ2n) is 8.62. The van der Waals surface area contributed by atoms with Crippen molar-refractivity contribution in [2.24, 2.45) is 0 Å². The van der Waals surface area contributed by atoms with E-state index >= 15 is 0 Å². The molecule has 0 fully saturated rings. The minimum absolute atomic E-state index is 0.160. The number of rotatable bonds is 9. The molecular formula is C29H24N4O5S. The highest BCUT2D eigenvalue weighted by atomic mass is 32.1. The maximum absolute atomic E-state index is 12.8. The van der Waals surface area contributed by atoms with E-state index in [0.717, 1.165) is 21.9 Å². The summed E-state index contributed by atoms with van der Waals surface area (Å²) in [6, 6.07) is 24.7. The molecule has 0 spiro atoms. The highest BCUT2D eigenvalue weighted by Crippen LogP contribution is 2.33. The van der Waals surface area contributed by atoms with E-state index in [2.05, 4.69) is 15.4 Å². The molecular weight excluding hydrogens is 516 g/mol. The first kappa shape index (κ1) is 24.5. The van der Waals surface area contributed by atoms with Crippen LogP contribution in [0, 0.1) is 0 Å². The smallest absolute Gasteiger partial charge is 0.336 e. The van der Waals surface area contributed by atoms with E-state index in [1.807, 2.05) is 66.0 Å². The zero-order chi connectivity index (χ0) is 26.6. The lowest BCUT2D eigenvalue weighted by Gasteiger charge is -2.08. The SMILES string of the molecule is COc1ccc(CCOc2nc(-c3cccs3)n(-c3ccc(NC(=O)c4ccc5c(c4)OCO5)cc3)n2)cc1. The summed E-state index contributed by atoms with van der Waals surface area (Å²) in [5.41, 5.74) is 3.05. The summed E-state index contributed by atoms with van der Waals surface area (Å²) in [7, 11) is 1.65. The number of ether oxygens (including phenoxy) is 4. The molecule has 1 amide bonds. The molecule has 0 saturated heterocycles. The van der Waals surface area contributed by atoms with E-state index < -0.39 is 0 Å². The van der Waals surface area contributed by atoms with Crippen molar-refractivity contribution in [3.63, 3.8) is 0 Å². The number of nitrogens with zero attached hydrogens (tertiary/aromatic N) is 3. The van der Waals surface area contributed by atoms with Crippen LogP contribution in [-0.4, -0.2) is 41.2 Å². The average Bonchev–Trinajstić information content (AvgIpc) is 3.74. The molecule has 10 heteroatoms. The molecule has 3 aromatic carbocycles. The number of hydrogen-bond donors (Lipinski definition) is 1. The Morgan fingerprint density at radius 2 is 1.85 bits per heavy atom. The minimum atomic E-state index is -0.242. The van der Waals surface area contributed by atoms with Crippen LogP contribution in [0.5, 0.6) is 23.3 Å². The molecule has 0 aliphatic carbocycles. The second-order valence-corrected chi connectivity index (χ2v) is 9.57. The van der Waals surface area contributed by atoms with Crippen LogP contribution >= 0.6 is 11.3 Å². The second kappa shape index (κ2) is 10.9. The zero-order valence-electron chi connectivity index (χ0n) is 21.0. The van der Waals surface area contributed by atoms with Crippen molar-refractivity contribution < 1.29 is 23.7 Å². The predicted molar refractivity (Wildman–Crippen MR) is 147 cm³/mol. The van der Waals surface area contributed by atoms with Gasteiger partial charge in [-0.05, 0) is 71.6 Å². The Morgan fingerprint density at radius 3 is 2.62 bits per heavy atom. The van der Waals surface area contributed by atoms with Gasteiger partial charge in [0.05, 0.1) is 24.3 Å². The maximum Gasteiger partial charge on any atom is 0.336 e. The van der Waals surface area contributed by atoms with Gasteiger partial charge in [-0.25, -0.2) is 4.68 Å². The molecule has 3 heterocycles. The molecule has 0 saturated carbocycles. The number of aromatic nitrogens is 3. The van der Waals surface area contributed by atoms with Crippen LogP contribution in [0.25, 0.3) is 16.4 Å². The minimum Gasteiger partial charge on any atom is -0.497 e. The standard InChI is InChI=1S/C29H24N4O5S/c1-35-23-11-4-19(5-12-23)14-15-36-29-31-27(26-3-2-16-39-26)33(32-29)22-9-7-21(8-10-22)30-28(34)20-6-13-24-25(17-20)38-18-37-24/h2-13,16-17H,14-15,18H2,1H3,(H,30,34). The van der Waals surface area contributed by atoms with Crippen molar-refractivity contribution in [2.75, 3.05) is 25.8 Å². The van der Waals surface area contributed by atoms with Gasteiger partial charge in [0.1, 0.15) is 5.75 Å². The fourth-order valence-corrected chi connectivity index (χ4v) is 4.78. The number of anilines is 1. The van der Waals surface area contributed by atoms with Crippen LogP contribution in [0.15, 0.2) is 84.2 Å². The van der Waals surface area contributed by atoms with Gasteiger partial charge in [-0.2, -0.15) is 4.98 Å². The molecule has 0 unspecified atom stereocenters. The lowest BCUT2D eigenvalue weighted by Crippen LogP contribution is -2.11. The lowest BCUT2D eigenvalue weighted by atomic mass is 10.1. The summed E-state index contributed by atoms with van der Waals surface area (Å²) in [6.07, 6.45) is 0.713. The Hall–Kier alpha value is -4.83. The van der Waals surface area contributed by atoms with Gasteiger partial charge in [0.25, 0.3) is 5.91 Å². The first-order chi connectivity index (χ1) is 19.2. The molecule has 2 aromatic heterocycles. The number of thiophene rings is 1. The largest absolute Gasteiger partial charge is 0.497 e. The summed E-state index contributed by atoms with van der Waals surface area (Å²) < 4.78 is 23.6. The highest BCUT2D eigenvalue weighted by molar-refractivity contribution is 7.13. The predicted octanol–water partition coefficient (Wildman–Crippen LogP) is 5.61. The average molecular weight is 541 g/mol. The van der Waals surface area contributed by atoms with Gasteiger partial charge in [-0.3, -0.25) is 4.79 Å². The molecule has 1 aliphatic heterocycles. The Bertz CT molecular complexity index is 1580. The molecule has 39 heavy (non-hydrogen) atoms. The molecule has 9 nitrogen and oxygen atoms in total. The first-order valence-electron chi connectivity index (χ1n) is 12.2. The van der Waals surface area contributed by atoms with Crippen molar-refractivity contribution in [3.8, 4) is 39.6 Å². The monoisotopic (exact) mass is 540 g/mol. The number of fused-ring (bicyclic) bond motifs is 1. The number of amides is 1. The summed E-state index contributed by atoms with van der Waals surface area (Å²) in [5, 5.41) is 9.53. The van der Waals surface area contributed by atoms with Crippen molar-refractivity contribution in [1.29, 1.82) is 0 Å². The number of carbonyl (C=O) groups excluding carboxylic acids is 1. The van der Waals surface area contributed by atoms with Gasteiger partial charge in [0.15, 0.2) is 17.3 Å². The molecule has 6 rings (SSSR count). The Labute approximate surface area is 228 Å². The third kappa shape index (κ3) is 5.41. The van der Waals surface area contributed by atoms with Crippen molar-refractivity contribution in [2.45, 2.75) is 6.42 Å². The number of methoxy groups -OCH3 is 1. The van der Waals surface area contributed by atoms with Crippen LogP contribution in [0.1, 0.15) is 15.9 Å². The summed E-state index contributed by atoms with van der Waals surface area (Å²) in [4.78, 5) is 18.4. The van der Waals surface area contributed by atoms with Gasteiger partial charge in [0, 0.05) is 17.7 Å². The molecule has 5 aromatic rings. The van der Waals surface area contributed by atoms with Crippen molar-refractivity contribution in [1.82, 2.24) is 14.8 Å². The topological polar surface area (TPSA) is 96.7 Å². The Morgan fingerprint density at radius 1 is 1.03 bits per heavy atom. The first-order valence-corrected chi connectivity index (χ1v) is 13.1. The third-order valence-corrected chi connectivity index (χ3v) is 6.98. The van der Waals surface area contributed by atoms with E-state index in [4.69, 9.17) is 18.9 Å². The molecule has 1 N–H and O–H groups in total. The van der Waals surface area contributed by atoms with E-state index in [1.54, 1.807) is 41.3 Å². The van der Waals surface area contributed by atoms with Gasteiger partial charge in [-0.1, -0.05) is 18.2 Å². The number of carbonyl (C=O) groups is 1. The van der Waals surface area contributed by atoms with E-state index in [0.29, 0.717) is 47.6 Å². The molecule has 196 valence electrons. The van der Waals surface area contributed by atoms with E-state index in [9.17, 15) is 4.79 Å². The van der Waals surface area contributed by atoms with Gasteiger partial charge in [0.2, 0.25) is 6.79 Å². The summed E-state index contributed by atoms with van der Waals surface area (Å²) in [6.45, 7) is 0.595. The molecule has 0 bridgehead atoms. The zero-order valence-corrected chi connectivity index (χ0v) is 21.8. The lowest BCUT2D eigenvalue weighted by molar-refractivity contribution is 0.102. The summed E-state index contributed by atoms with van der Waals surface area (Å²) in [5.74, 6) is 2.45. The fraction of sp³-hybridized carbons (Fsp3) is 0.138. The Balaban J connectivity index is 1.16. The number of benzene rings is 3. The molecule has 1 aliphatic rings. The van der Waals surface area contributed by atoms with Crippen LogP contribution in [0.3, 0.4) is 0 Å².